The van der Waals surface area contributed by atoms with E-state index >= 15 is 0 Å². The van der Waals surface area contributed by atoms with E-state index in [1.54, 1.807) is 0 Å². The summed E-state index contributed by atoms with van der Waals surface area (Å²) in [5.41, 5.74) is 0. The number of hydrogen-bond donors (Lipinski definition) is 1. The van der Waals surface area contributed by atoms with Gasteiger partial charge in [0.1, 0.15) is 0 Å². The van der Waals surface area contributed by atoms with Crippen molar-refractivity contribution in [1.82, 2.24) is 9.62 Å². The lowest BCUT2D eigenvalue weighted by Gasteiger charge is -2.30. The van der Waals surface area contributed by atoms with Gasteiger partial charge in [-0.05, 0) is 26.2 Å². The van der Waals surface area contributed by atoms with Crippen LogP contribution in [0.25, 0.3) is 0 Å². The summed E-state index contributed by atoms with van der Waals surface area (Å²) in [5.74, 6) is -0.244. The summed E-state index contributed by atoms with van der Waals surface area (Å²) in [5, 5.41) is 2.85. The molecule has 1 unspecified atom stereocenters. The van der Waals surface area contributed by atoms with E-state index in [-0.39, 0.29) is 11.8 Å². The van der Waals surface area contributed by atoms with Crippen molar-refractivity contribution in [2.24, 2.45) is 5.92 Å². The van der Waals surface area contributed by atoms with Crippen molar-refractivity contribution in [3.8, 4) is 0 Å². The van der Waals surface area contributed by atoms with Crippen molar-refractivity contribution < 1.29 is 13.2 Å². The first kappa shape index (κ1) is 15.2. The van der Waals surface area contributed by atoms with Crippen LogP contribution in [0.2, 0.25) is 0 Å². The predicted molar refractivity (Wildman–Crippen MR) is 71.6 cm³/mol. The molecular formula is C12H22N2O3S. The maximum atomic E-state index is 11.9. The number of hydrogen-bond acceptors (Lipinski definition) is 3. The standard InChI is InChI=1S/C12H22N2O3S/c1-3-4-5-8-13-12(15)11-7-6-9-14(10-11)18(2,16)17/h3-4,11H,5-10H2,1-2H3,(H,13,15)/b4-3+. The lowest BCUT2D eigenvalue weighted by Crippen LogP contribution is -2.45. The van der Waals surface area contributed by atoms with Crippen LogP contribution in [0.1, 0.15) is 26.2 Å². The van der Waals surface area contributed by atoms with Gasteiger partial charge in [-0.3, -0.25) is 4.79 Å². The third kappa shape index (κ3) is 4.78. The maximum Gasteiger partial charge on any atom is 0.224 e. The molecule has 1 aliphatic rings. The molecular weight excluding hydrogens is 252 g/mol. The normalized spacial score (nSPS) is 22.2. The molecule has 1 amide bonds. The highest BCUT2D eigenvalue weighted by molar-refractivity contribution is 7.88. The van der Waals surface area contributed by atoms with Crippen molar-refractivity contribution in [2.45, 2.75) is 26.2 Å². The SMILES string of the molecule is C/C=C/CCNC(=O)C1CCCN(S(C)(=O)=O)C1. The molecule has 0 radical (unpaired) electrons. The summed E-state index contributed by atoms with van der Waals surface area (Å²) in [6, 6.07) is 0. The molecule has 1 saturated heterocycles. The summed E-state index contributed by atoms with van der Waals surface area (Å²) >= 11 is 0. The minimum atomic E-state index is -3.18. The van der Waals surface area contributed by atoms with Gasteiger partial charge in [0, 0.05) is 19.6 Å². The first-order valence-electron chi connectivity index (χ1n) is 6.29. The molecule has 1 N–H and O–H groups in total. The van der Waals surface area contributed by atoms with Gasteiger partial charge in [0.2, 0.25) is 15.9 Å². The van der Waals surface area contributed by atoms with Crippen LogP contribution in [0.4, 0.5) is 0 Å². The van der Waals surface area contributed by atoms with Gasteiger partial charge >= 0.3 is 0 Å². The van der Waals surface area contributed by atoms with Gasteiger partial charge in [0.05, 0.1) is 12.2 Å². The Morgan fingerprint density at radius 3 is 2.83 bits per heavy atom. The Morgan fingerprint density at radius 1 is 1.50 bits per heavy atom. The first-order chi connectivity index (χ1) is 8.45. The Morgan fingerprint density at radius 2 is 2.22 bits per heavy atom. The molecule has 0 bridgehead atoms. The second-order valence-electron chi connectivity index (χ2n) is 4.61. The zero-order valence-electron chi connectivity index (χ0n) is 11.1. The Hall–Kier alpha value is -0.880. The molecule has 0 aliphatic carbocycles. The molecule has 18 heavy (non-hydrogen) atoms. The van der Waals surface area contributed by atoms with Gasteiger partial charge in [-0.25, -0.2) is 12.7 Å². The van der Waals surface area contributed by atoms with E-state index in [1.807, 2.05) is 19.1 Å². The third-order valence-electron chi connectivity index (χ3n) is 3.07. The van der Waals surface area contributed by atoms with Crippen molar-refractivity contribution in [1.29, 1.82) is 0 Å². The average Bonchev–Trinajstić information content (AvgIpc) is 2.33. The quantitative estimate of drug-likeness (QED) is 0.594. The summed E-state index contributed by atoms with van der Waals surface area (Å²) < 4.78 is 24.3. The topological polar surface area (TPSA) is 66.5 Å². The highest BCUT2D eigenvalue weighted by Crippen LogP contribution is 2.18. The average molecular weight is 274 g/mol. The van der Waals surface area contributed by atoms with Crippen molar-refractivity contribution in [3.63, 3.8) is 0 Å². The van der Waals surface area contributed by atoms with Crippen molar-refractivity contribution >= 4 is 15.9 Å². The lowest BCUT2D eigenvalue weighted by molar-refractivity contribution is -0.126. The fourth-order valence-corrected chi connectivity index (χ4v) is 2.96. The molecule has 0 aromatic carbocycles. The van der Waals surface area contributed by atoms with E-state index < -0.39 is 10.0 Å². The number of piperidine rings is 1. The second-order valence-corrected chi connectivity index (χ2v) is 6.59. The molecule has 0 aromatic rings. The Balaban J connectivity index is 2.43. The van der Waals surface area contributed by atoms with Gasteiger partial charge in [0.15, 0.2) is 0 Å². The second kappa shape index (κ2) is 6.89. The number of allylic oxidation sites excluding steroid dienone is 1. The van der Waals surface area contributed by atoms with E-state index in [0.717, 1.165) is 19.3 Å². The maximum absolute atomic E-state index is 11.9. The number of carbonyl (C=O) groups is 1. The van der Waals surface area contributed by atoms with Crippen LogP contribution in [-0.2, 0) is 14.8 Å². The molecule has 1 atom stereocenters. The summed E-state index contributed by atoms with van der Waals surface area (Å²) in [6.07, 6.45) is 7.45. The van der Waals surface area contributed by atoms with Crippen LogP contribution in [0.5, 0.6) is 0 Å². The minimum Gasteiger partial charge on any atom is -0.356 e. The number of nitrogens with one attached hydrogen (secondary N) is 1. The zero-order valence-corrected chi connectivity index (χ0v) is 11.9. The molecule has 0 spiro atoms. The van der Waals surface area contributed by atoms with E-state index in [9.17, 15) is 13.2 Å². The number of sulfonamides is 1. The number of amides is 1. The van der Waals surface area contributed by atoms with Crippen molar-refractivity contribution in [3.05, 3.63) is 12.2 Å². The molecule has 1 heterocycles. The number of nitrogens with zero attached hydrogens (tertiary/aromatic N) is 1. The van der Waals surface area contributed by atoms with Crippen LogP contribution in [0.15, 0.2) is 12.2 Å². The summed E-state index contributed by atoms with van der Waals surface area (Å²) in [6.45, 7) is 3.39. The highest BCUT2D eigenvalue weighted by atomic mass is 32.2. The van der Waals surface area contributed by atoms with Gasteiger partial charge in [-0.1, -0.05) is 12.2 Å². The molecule has 5 nitrogen and oxygen atoms in total. The molecule has 1 aliphatic heterocycles. The monoisotopic (exact) mass is 274 g/mol. The summed E-state index contributed by atoms with van der Waals surface area (Å²) in [7, 11) is -3.18. The van der Waals surface area contributed by atoms with E-state index in [1.165, 1.54) is 10.6 Å². The fraction of sp³-hybridized carbons (Fsp3) is 0.750. The van der Waals surface area contributed by atoms with Gasteiger partial charge in [0.25, 0.3) is 0 Å². The van der Waals surface area contributed by atoms with Crippen LogP contribution in [-0.4, -0.2) is 44.5 Å². The first-order valence-corrected chi connectivity index (χ1v) is 8.14. The predicted octanol–water partition coefficient (Wildman–Crippen LogP) is 0.740. The largest absolute Gasteiger partial charge is 0.356 e. The molecule has 1 fully saturated rings. The van der Waals surface area contributed by atoms with Crippen molar-refractivity contribution in [2.75, 3.05) is 25.9 Å². The van der Waals surface area contributed by atoms with Gasteiger partial charge in [-0.2, -0.15) is 0 Å². The smallest absolute Gasteiger partial charge is 0.224 e. The van der Waals surface area contributed by atoms with Gasteiger partial charge < -0.3 is 5.32 Å². The van der Waals surface area contributed by atoms with E-state index in [4.69, 9.17) is 0 Å². The van der Waals surface area contributed by atoms with Crippen LogP contribution >= 0.6 is 0 Å². The van der Waals surface area contributed by atoms with Crippen LogP contribution < -0.4 is 5.32 Å². The number of rotatable bonds is 5. The van der Waals surface area contributed by atoms with Crippen LogP contribution in [0.3, 0.4) is 0 Å². The molecule has 6 heteroatoms. The Kier molecular flexibility index (Phi) is 5.81. The molecule has 1 rings (SSSR count). The highest BCUT2D eigenvalue weighted by Gasteiger charge is 2.29. The summed E-state index contributed by atoms with van der Waals surface area (Å²) in [4.78, 5) is 11.9. The zero-order chi connectivity index (χ0) is 13.6. The third-order valence-corrected chi connectivity index (χ3v) is 4.34. The Bertz CT molecular complexity index is 404. The van der Waals surface area contributed by atoms with Gasteiger partial charge in [-0.15, -0.1) is 0 Å². The Labute approximate surface area is 109 Å². The molecule has 0 saturated carbocycles. The lowest BCUT2D eigenvalue weighted by atomic mass is 9.99. The minimum absolute atomic E-state index is 0.0344. The number of carbonyl (C=O) groups excluding carboxylic acids is 1. The molecule has 104 valence electrons. The molecule has 0 aromatic heterocycles. The van der Waals surface area contributed by atoms with E-state index in [0.29, 0.717) is 19.6 Å². The van der Waals surface area contributed by atoms with Crippen LogP contribution in [0, 0.1) is 5.92 Å². The van der Waals surface area contributed by atoms with E-state index in [2.05, 4.69) is 5.32 Å². The fourth-order valence-electron chi connectivity index (χ4n) is 2.05.